The van der Waals surface area contributed by atoms with E-state index in [2.05, 4.69) is 23.5 Å². The molecule has 0 unspecified atom stereocenters. The molecular formula is C21H17NO2. The van der Waals surface area contributed by atoms with Gasteiger partial charge >= 0.3 is 0 Å². The summed E-state index contributed by atoms with van der Waals surface area (Å²) in [5.41, 5.74) is 1.94. The first-order valence-corrected chi connectivity index (χ1v) is 8.05. The highest BCUT2D eigenvalue weighted by Crippen LogP contribution is 2.28. The van der Waals surface area contributed by atoms with Crippen LogP contribution in [0.3, 0.4) is 0 Å². The zero-order valence-corrected chi connectivity index (χ0v) is 13.2. The molecule has 3 nitrogen and oxygen atoms in total. The van der Waals surface area contributed by atoms with Crippen molar-refractivity contribution >= 4 is 27.6 Å². The van der Waals surface area contributed by atoms with Gasteiger partial charge in [-0.05, 0) is 34.9 Å². The van der Waals surface area contributed by atoms with Gasteiger partial charge in [-0.15, -0.1) is 0 Å². The molecule has 1 heterocycles. The van der Waals surface area contributed by atoms with Gasteiger partial charge in [0.15, 0.2) is 5.76 Å². The summed E-state index contributed by atoms with van der Waals surface area (Å²) in [5.74, 6) is 0.181. The first-order chi connectivity index (χ1) is 11.8. The molecule has 4 aromatic rings. The van der Waals surface area contributed by atoms with Crippen molar-refractivity contribution in [3.05, 3.63) is 84.1 Å². The molecule has 4 rings (SSSR count). The number of furan rings is 1. The Kier molecular flexibility index (Phi) is 3.75. The van der Waals surface area contributed by atoms with Crippen molar-refractivity contribution in [1.82, 2.24) is 5.32 Å². The Bertz CT molecular complexity index is 1000. The van der Waals surface area contributed by atoms with Gasteiger partial charge in [-0.1, -0.05) is 60.7 Å². The van der Waals surface area contributed by atoms with Crippen LogP contribution in [0.15, 0.2) is 77.2 Å². The Morgan fingerprint density at radius 1 is 0.875 bits per heavy atom. The lowest BCUT2D eigenvalue weighted by atomic mass is 10.1. The Morgan fingerprint density at radius 3 is 2.54 bits per heavy atom. The average molecular weight is 315 g/mol. The lowest BCUT2D eigenvalue weighted by Gasteiger charge is -2.03. The van der Waals surface area contributed by atoms with Gasteiger partial charge in [0.1, 0.15) is 5.58 Å². The molecule has 0 atom stereocenters. The van der Waals surface area contributed by atoms with Gasteiger partial charge in [0, 0.05) is 11.9 Å². The molecule has 0 fully saturated rings. The second-order valence-electron chi connectivity index (χ2n) is 5.80. The normalized spacial score (nSPS) is 11.0. The monoisotopic (exact) mass is 315 g/mol. The van der Waals surface area contributed by atoms with Crippen LogP contribution in [0.2, 0.25) is 0 Å². The van der Waals surface area contributed by atoms with E-state index >= 15 is 0 Å². The van der Waals surface area contributed by atoms with Crippen molar-refractivity contribution in [2.24, 2.45) is 0 Å². The molecule has 118 valence electrons. The summed E-state index contributed by atoms with van der Waals surface area (Å²) in [4.78, 5) is 12.3. The van der Waals surface area contributed by atoms with Crippen LogP contribution in [0.25, 0.3) is 21.7 Å². The van der Waals surface area contributed by atoms with E-state index in [1.807, 2.05) is 54.6 Å². The van der Waals surface area contributed by atoms with Crippen LogP contribution in [0, 0.1) is 0 Å². The third-order valence-electron chi connectivity index (χ3n) is 4.19. The molecule has 0 aliphatic carbocycles. The summed E-state index contributed by atoms with van der Waals surface area (Å²) in [6, 6.07) is 24.0. The fourth-order valence-corrected chi connectivity index (χ4v) is 2.96. The largest absolute Gasteiger partial charge is 0.451 e. The van der Waals surface area contributed by atoms with Crippen LogP contribution in [0.5, 0.6) is 0 Å². The van der Waals surface area contributed by atoms with Crippen molar-refractivity contribution in [2.45, 2.75) is 6.42 Å². The summed E-state index contributed by atoms with van der Waals surface area (Å²) < 4.78 is 5.73. The molecule has 0 bridgehead atoms. The van der Waals surface area contributed by atoms with E-state index < -0.39 is 0 Å². The van der Waals surface area contributed by atoms with Crippen molar-refractivity contribution in [1.29, 1.82) is 0 Å². The number of benzene rings is 3. The molecule has 1 aromatic heterocycles. The van der Waals surface area contributed by atoms with Crippen LogP contribution < -0.4 is 5.32 Å². The fourth-order valence-electron chi connectivity index (χ4n) is 2.96. The molecule has 0 spiro atoms. The lowest BCUT2D eigenvalue weighted by Crippen LogP contribution is -2.25. The fraction of sp³-hybridized carbons (Fsp3) is 0.0952. The summed E-state index contributed by atoms with van der Waals surface area (Å²) in [6.07, 6.45) is 0.801. The van der Waals surface area contributed by atoms with Crippen LogP contribution in [-0.2, 0) is 6.42 Å². The number of fused-ring (bicyclic) bond motifs is 3. The molecule has 3 heteroatoms. The minimum absolute atomic E-state index is 0.175. The van der Waals surface area contributed by atoms with Gasteiger partial charge < -0.3 is 9.73 Å². The number of carbonyl (C=O) groups excluding carboxylic acids is 1. The maximum atomic E-state index is 12.3. The molecule has 0 aliphatic heterocycles. The van der Waals surface area contributed by atoms with Gasteiger partial charge in [-0.25, -0.2) is 0 Å². The Morgan fingerprint density at radius 2 is 1.67 bits per heavy atom. The van der Waals surface area contributed by atoms with Crippen molar-refractivity contribution in [3.8, 4) is 0 Å². The molecule has 3 aromatic carbocycles. The third-order valence-corrected chi connectivity index (χ3v) is 4.19. The predicted molar refractivity (Wildman–Crippen MR) is 96.2 cm³/mol. The zero-order valence-electron chi connectivity index (χ0n) is 13.2. The Hall–Kier alpha value is -3.07. The maximum absolute atomic E-state index is 12.3. The average Bonchev–Trinajstić information content (AvgIpc) is 3.07. The molecule has 0 saturated heterocycles. The highest BCUT2D eigenvalue weighted by Gasteiger charge is 2.13. The first kappa shape index (κ1) is 14.5. The van der Waals surface area contributed by atoms with E-state index in [1.54, 1.807) is 0 Å². The van der Waals surface area contributed by atoms with E-state index in [9.17, 15) is 4.79 Å². The number of rotatable bonds is 4. The summed E-state index contributed by atoms with van der Waals surface area (Å²) in [7, 11) is 0. The highest BCUT2D eigenvalue weighted by atomic mass is 16.3. The maximum Gasteiger partial charge on any atom is 0.287 e. The van der Waals surface area contributed by atoms with Crippen LogP contribution in [0.1, 0.15) is 16.1 Å². The summed E-state index contributed by atoms with van der Waals surface area (Å²) >= 11 is 0. The molecule has 1 N–H and O–H groups in total. The highest BCUT2D eigenvalue weighted by molar-refractivity contribution is 6.08. The molecule has 24 heavy (non-hydrogen) atoms. The van der Waals surface area contributed by atoms with Crippen LogP contribution in [-0.4, -0.2) is 12.5 Å². The minimum atomic E-state index is -0.175. The standard InChI is InChI=1S/C21H17NO2/c23-21(22-13-12-15-6-2-1-3-7-15)20-14-18-17-9-5-4-8-16(17)10-11-19(18)24-20/h1-11,14H,12-13H2,(H,22,23). The predicted octanol–water partition coefficient (Wildman–Crippen LogP) is 4.56. The molecule has 1 amide bonds. The number of hydrogen-bond acceptors (Lipinski definition) is 2. The van der Waals surface area contributed by atoms with Gasteiger partial charge in [-0.2, -0.15) is 0 Å². The van der Waals surface area contributed by atoms with E-state index in [4.69, 9.17) is 4.42 Å². The number of carbonyl (C=O) groups is 1. The number of hydrogen-bond donors (Lipinski definition) is 1. The molecule has 0 saturated carbocycles. The van der Waals surface area contributed by atoms with Crippen molar-refractivity contribution in [3.63, 3.8) is 0 Å². The van der Waals surface area contributed by atoms with Crippen LogP contribution in [0.4, 0.5) is 0 Å². The lowest BCUT2D eigenvalue weighted by molar-refractivity contribution is 0.0928. The van der Waals surface area contributed by atoms with Crippen molar-refractivity contribution in [2.75, 3.05) is 6.54 Å². The van der Waals surface area contributed by atoms with Gasteiger partial charge in [0.25, 0.3) is 5.91 Å². The van der Waals surface area contributed by atoms with E-state index in [-0.39, 0.29) is 5.91 Å². The Balaban J connectivity index is 1.53. The second kappa shape index (κ2) is 6.20. The topological polar surface area (TPSA) is 42.2 Å². The van der Waals surface area contributed by atoms with Crippen LogP contribution >= 0.6 is 0 Å². The molecule has 0 aliphatic rings. The smallest absolute Gasteiger partial charge is 0.287 e. The quantitative estimate of drug-likeness (QED) is 0.600. The van der Waals surface area contributed by atoms with Gasteiger partial charge in [-0.3, -0.25) is 4.79 Å². The third kappa shape index (κ3) is 2.76. The van der Waals surface area contributed by atoms with Gasteiger partial charge in [0.05, 0.1) is 0 Å². The molecular weight excluding hydrogens is 298 g/mol. The Labute approximate surface area is 139 Å². The van der Waals surface area contributed by atoms with E-state index in [1.165, 1.54) is 5.56 Å². The second-order valence-corrected chi connectivity index (χ2v) is 5.80. The summed E-state index contributed by atoms with van der Waals surface area (Å²) in [6.45, 7) is 0.584. The minimum Gasteiger partial charge on any atom is -0.451 e. The van der Waals surface area contributed by atoms with E-state index in [0.717, 1.165) is 28.2 Å². The van der Waals surface area contributed by atoms with Crippen molar-refractivity contribution < 1.29 is 9.21 Å². The SMILES string of the molecule is O=C(NCCc1ccccc1)c1cc2c(ccc3ccccc32)o1. The number of amides is 1. The summed E-state index contributed by atoms with van der Waals surface area (Å²) in [5, 5.41) is 6.14. The zero-order chi connectivity index (χ0) is 16.4. The molecule has 0 radical (unpaired) electrons. The van der Waals surface area contributed by atoms with E-state index in [0.29, 0.717) is 12.3 Å². The first-order valence-electron chi connectivity index (χ1n) is 8.05. The number of nitrogens with one attached hydrogen (secondary N) is 1. The van der Waals surface area contributed by atoms with Gasteiger partial charge in [0.2, 0.25) is 0 Å².